The Kier molecular flexibility index (Phi) is 9.20. The van der Waals surface area contributed by atoms with Crippen molar-refractivity contribution in [3.05, 3.63) is 47.2 Å². The third kappa shape index (κ3) is 6.27. The van der Waals surface area contributed by atoms with E-state index >= 15 is 0 Å². The number of aliphatic carboxylic acids is 1. The zero-order chi connectivity index (χ0) is 18.9. The van der Waals surface area contributed by atoms with E-state index in [-0.39, 0.29) is 11.3 Å². The maximum atomic E-state index is 12.6. The van der Waals surface area contributed by atoms with E-state index in [9.17, 15) is 18.0 Å². The van der Waals surface area contributed by atoms with Gasteiger partial charge in [0.15, 0.2) is 5.69 Å². The summed E-state index contributed by atoms with van der Waals surface area (Å²) in [6.45, 7) is 10.8. The molecule has 0 aliphatic heterocycles. The third-order valence-electron chi connectivity index (χ3n) is 2.62. The highest BCUT2D eigenvalue weighted by atomic mass is 32.2. The van der Waals surface area contributed by atoms with Gasteiger partial charge >= 0.3 is 12.1 Å². The Morgan fingerprint density at radius 3 is 2.42 bits per heavy atom. The van der Waals surface area contributed by atoms with E-state index in [4.69, 9.17) is 5.11 Å². The predicted molar refractivity (Wildman–Crippen MR) is 91.5 cm³/mol. The fourth-order valence-electron chi connectivity index (χ4n) is 1.49. The molecule has 0 aromatic carbocycles. The largest absolute Gasteiger partial charge is 0.478 e. The van der Waals surface area contributed by atoms with Crippen molar-refractivity contribution in [2.24, 2.45) is 0 Å². The zero-order valence-electron chi connectivity index (χ0n) is 14.0. The van der Waals surface area contributed by atoms with Crippen LogP contribution >= 0.6 is 11.8 Å². The molecule has 0 aliphatic carbocycles. The number of carbonyl (C=O) groups is 1. The van der Waals surface area contributed by atoms with Crippen molar-refractivity contribution >= 4 is 23.4 Å². The van der Waals surface area contributed by atoms with Crippen LogP contribution in [-0.2, 0) is 11.0 Å². The first kappa shape index (κ1) is 22.0. The molecule has 0 atom stereocenters. The monoisotopic (exact) mass is 362 g/mol. The molecule has 1 N–H and O–H groups in total. The van der Waals surface area contributed by atoms with Gasteiger partial charge in [-0.3, -0.25) is 0 Å². The van der Waals surface area contributed by atoms with Crippen LogP contribution in [0.4, 0.5) is 13.2 Å². The summed E-state index contributed by atoms with van der Waals surface area (Å²) in [6.07, 6.45) is -0.609. The summed E-state index contributed by atoms with van der Waals surface area (Å²) in [4.78, 5) is 11.5. The Balaban J connectivity index is 0.00000254. The number of halogens is 3. The van der Waals surface area contributed by atoms with Crippen LogP contribution in [0.2, 0.25) is 0 Å². The molecule has 1 aromatic rings. The smallest absolute Gasteiger partial charge is 0.435 e. The standard InChI is InChI=1S/C14H15F3N2O2S.C2H6/c1-4-10(8-11(22-5-2)9(3)13(20)21)19-7-6-12(18-19)14(15,16)17;1-2/h4,6-8H,1,5H2,2-3H3,(H,20,21);1-2H3/b10-8+,11-9-;. The second kappa shape index (κ2) is 10.0. The summed E-state index contributed by atoms with van der Waals surface area (Å²) in [6, 6.07) is 0.845. The molecule has 0 radical (unpaired) electrons. The zero-order valence-corrected chi connectivity index (χ0v) is 14.8. The van der Waals surface area contributed by atoms with Crippen LogP contribution in [0.25, 0.3) is 5.70 Å². The molecule has 0 saturated carbocycles. The number of aromatic nitrogens is 2. The Bertz CT molecular complexity index is 632. The molecule has 1 rings (SSSR count). The second-order valence-corrected chi connectivity index (χ2v) is 5.45. The Hall–Kier alpha value is -1.96. The van der Waals surface area contributed by atoms with Gasteiger partial charge in [0.2, 0.25) is 0 Å². The second-order valence-electron chi connectivity index (χ2n) is 4.14. The van der Waals surface area contributed by atoms with Crippen LogP contribution in [0.15, 0.2) is 41.5 Å². The third-order valence-corrected chi connectivity index (χ3v) is 3.65. The van der Waals surface area contributed by atoms with Gasteiger partial charge in [0.05, 0.1) is 5.70 Å². The minimum absolute atomic E-state index is 0.106. The van der Waals surface area contributed by atoms with Crippen molar-refractivity contribution in [1.29, 1.82) is 0 Å². The van der Waals surface area contributed by atoms with Gasteiger partial charge in [0.1, 0.15) is 0 Å². The van der Waals surface area contributed by atoms with Crippen molar-refractivity contribution < 1.29 is 23.1 Å². The number of carboxylic acids is 1. The van der Waals surface area contributed by atoms with Crippen molar-refractivity contribution in [2.75, 3.05) is 5.75 Å². The molecule has 0 aliphatic rings. The molecule has 0 spiro atoms. The average molecular weight is 362 g/mol. The van der Waals surface area contributed by atoms with E-state index in [1.54, 1.807) is 0 Å². The molecule has 0 amide bonds. The lowest BCUT2D eigenvalue weighted by Crippen LogP contribution is -2.07. The molecule has 0 bridgehead atoms. The molecular formula is C16H21F3N2O2S. The number of rotatable bonds is 6. The van der Waals surface area contributed by atoms with E-state index in [1.165, 1.54) is 30.8 Å². The van der Waals surface area contributed by atoms with Gasteiger partial charge in [-0.1, -0.05) is 27.4 Å². The lowest BCUT2D eigenvalue weighted by Gasteiger charge is -2.07. The molecule has 8 heteroatoms. The fraction of sp³-hybridized carbons (Fsp3) is 0.375. The number of thioether (sulfide) groups is 1. The Labute approximate surface area is 143 Å². The Morgan fingerprint density at radius 2 is 2.04 bits per heavy atom. The first-order valence-electron chi connectivity index (χ1n) is 7.25. The molecule has 24 heavy (non-hydrogen) atoms. The van der Waals surface area contributed by atoms with Gasteiger partial charge < -0.3 is 5.11 Å². The summed E-state index contributed by atoms with van der Waals surface area (Å²) in [7, 11) is 0. The minimum atomic E-state index is -4.54. The molecule has 0 saturated heterocycles. The van der Waals surface area contributed by atoms with Gasteiger partial charge in [-0.15, -0.1) is 11.8 Å². The van der Waals surface area contributed by atoms with Crippen molar-refractivity contribution in [3.8, 4) is 0 Å². The molecule has 1 heterocycles. The molecule has 0 fully saturated rings. The maximum absolute atomic E-state index is 12.6. The molecule has 1 aromatic heterocycles. The molecular weight excluding hydrogens is 341 g/mol. The number of hydrogen-bond donors (Lipinski definition) is 1. The van der Waals surface area contributed by atoms with E-state index in [0.717, 1.165) is 16.9 Å². The first-order chi connectivity index (χ1) is 11.2. The van der Waals surface area contributed by atoms with E-state index in [2.05, 4.69) is 11.7 Å². The fourth-order valence-corrected chi connectivity index (χ4v) is 2.31. The highest BCUT2D eigenvalue weighted by Crippen LogP contribution is 2.29. The van der Waals surface area contributed by atoms with E-state index in [0.29, 0.717) is 10.7 Å². The van der Waals surface area contributed by atoms with Gasteiger partial charge in [0.25, 0.3) is 0 Å². The maximum Gasteiger partial charge on any atom is 0.435 e. The van der Waals surface area contributed by atoms with Crippen LogP contribution in [0.1, 0.15) is 33.4 Å². The SMILES string of the molecule is C=C/C(=C\C(SCC)=C(/C)C(=O)O)n1ccc(C(F)(F)F)n1.CC. The summed E-state index contributed by atoms with van der Waals surface area (Å²) >= 11 is 1.27. The van der Waals surface area contributed by atoms with Gasteiger partial charge in [-0.25, -0.2) is 9.48 Å². The summed E-state index contributed by atoms with van der Waals surface area (Å²) in [5.41, 5.74) is -0.662. The van der Waals surface area contributed by atoms with Crippen molar-refractivity contribution in [2.45, 2.75) is 33.9 Å². The van der Waals surface area contributed by atoms with Gasteiger partial charge in [-0.2, -0.15) is 18.3 Å². The lowest BCUT2D eigenvalue weighted by molar-refractivity contribution is -0.141. The summed E-state index contributed by atoms with van der Waals surface area (Å²) in [5.74, 6) is -0.472. The normalized spacial score (nSPS) is 12.9. The lowest BCUT2D eigenvalue weighted by atomic mass is 10.2. The van der Waals surface area contributed by atoms with E-state index < -0.39 is 17.8 Å². The van der Waals surface area contributed by atoms with E-state index in [1.807, 2.05) is 20.8 Å². The van der Waals surface area contributed by atoms with Crippen molar-refractivity contribution in [3.63, 3.8) is 0 Å². The first-order valence-corrected chi connectivity index (χ1v) is 8.23. The molecule has 0 unspecified atom stereocenters. The molecule has 134 valence electrons. The number of carboxylic acid groups (broad SMARTS) is 1. The van der Waals surface area contributed by atoms with Gasteiger partial charge in [0, 0.05) is 16.7 Å². The minimum Gasteiger partial charge on any atom is -0.478 e. The highest BCUT2D eigenvalue weighted by molar-refractivity contribution is 8.03. The van der Waals surface area contributed by atoms with Gasteiger partial charge in [-0.05, 0) is 30.9 Å². The van der Waals surface area contributed by atoms with Crippen molar-refractivity contribution in [1.82, 2.24) is 9.78 Å². The van der Waals surface area contributed by atoms with Crippen LogP contribution in [0, 0.1) is 0 Å². The number of hydrogen-bond acceptors (Lipinski definition) is 3. The summed E-state index contributed by atoms with van der Waals surface area (Å²) < 4.78 is 38.7. The average Bonchev–Trinajstić information content (AvgIpc) is 3.02. The quantitative estimate of drug-likeness (QED) is 0.567. The topological polar surface area (TPSA) is 55.1 Å². The Morgan fingerprint density at radius 1 is 1.46 bits per heavy atom. The number of allylic oxidation sites excluding steroid dienone is 3. The van der Waals surface area contributed by atoms with Crippen LogP contribution in [0.3, 0.4) is 0 Å². The number of nitrogens with zero attached hydrogens (tertiary/aromatic N) is 2. The molecule has 4 nitrogen and oxygen atoms in total. The predicted octanol–water partition coefficient (Wildman–Crippen LogP) is 5.07. The van der Waals surface area contributed by atoms with Crippen LogP contribution < -0.4 is 0 Å². The van der Waals surface area contributed by atoms with Crippen LogP contribution in [0.5, 0.6) is 0 Å². The number of alkyl halides is 3. The summed E-state index contributed by atoms with van der Waals surface area (Å²) in [5, 5.41) is 12.5. The highest BCUT2D eigenvalue weighted by Gasteiger charge is 2.33. The van der Waals surface area contributed by atoms with Crippen LogP contribution in [-0.4, -0.2) is 26.6 Å².